The van der Waals surface area contributed by atoms with Gasteiger partial charge in [-0.05, 0) is 54.0 Å². The number of benzene rings is 4. The topological polar surface area (TPSA) is 74.4 Å². The molecular formula is C29H26F2N4O2S. The minimum atomic E-state index is -1.62. The molecule has 0 aromatic heterocycles. The zero-order valence-electron chi connectivity index (χ0n) is 20.3. The Balaban J connectivity index is 1.30. The van der Waals surface area contributed by atoms with Crippen molar-refractivity contribution in [2.75, 3.05) is 29.3 Å². The molecule has 0 saturated carbocycles. The van der Waals surface area contributed by atoms with E-state index in [-0.39, 0.29) is 6.42 Å². The SMILES string of the molecule is O=C(Nc1cccc2cc(NC(=S)Nc3ccccc3)ccc12)NC1CC(CF)(CF)Oc2ccccc21. The van der Waals surface area contributed by atoms with Gasteiger partial charge in [0.25, 0.3) is 0 Å². The largest absolute Gasteiger partial charge is 0.481 e. The number of rotatable bonds is 6. The van der Waals surface area contributed by atoms with E-state index in [0.717, 1.165) is 22.1 Å². The number of hydrogen-bond acceptors (Lipinski definition) is 3. The summed E-state index contributed by atoms with van der Waals surface area (Å²) in [4.78, 5) is 13.0. The quantitative estimate of drug-likeness (QED) is 0.202. The Labute approximate surface area is 224 Å². The van der Waals surface area contributed by atoms with Crippen molar-refractivity contribution in [2.24, 2.45) is 0 Å². The summed E-state index contributed by atoms with van der Waals surface area (Å²) in [7, 11) is 0. The van der Waals surface area contributed by atoms with E-state index >= 15 is 0 Å². The van der Waals surface area contributed by atoms with Gasteiger partial charge in [0.05, 0.1) is 11.7 Å². The minimum Gasteiger partial charge on any atom is -0.481 e. The van der Waals surface area contributed by atoms with Gasteiger partial charge in [-0.25, -0.2) is 13.6 Å². The van der Waals surface area contributed by atoms with Crippen molar-refractivity contribution in [3.05, 3.63) is 96.6 Å². The summed E-state index contributed by atoms with van der Waals surface area (Å²) in [5.74, 6) is 0.365. The summed E-state index contributed by atoms with van der Waals surface area (Å²) >= 11 is 5.42. The van der Waals surface area contributed by atoms with Crippen molar-refractivity contribution < 1.29 is 18.3 Å². The standard InChI is InChI=1S/C29H26F2N4O2S/c30-17-29(18-31)16-25(23-10-4-5-12-26(23)37-29)35-27(36)34-24-11-6-7-19-15-21(13-14-22(19)24)33-28(38)32-20-8-2-1-3-9-20/h1-15,25H,16-18H2,(H2,32,33,38)(H2,34,35,36). The van der Waals surface area contributed by atoms with Crippen molar-refractivity contribution in [1.82, 2.24) is 5.32 Å². The number of hydrogen-bond donors (Lipinski definition) is 4. The molecule has 0 saturated heterocycles. The van der Waals surface area contributed by atoms with E-state index in [4.69, 9.17) is 17.0 Å². The molecule has 0 fully saturated rings. The van der Waals surface area contributed by atoms with E-state index in [9.17, 15) is 13.6 Å². The summed E-state index contributed by atoms with van der Waals surface area (Å²) in [6, 6.07) is 26.7. The number of halogens is 2. The van der Waals surface area contributed by atoms with Crippen molar-refractivity contribution >= 4 is 51.2 Å². The van der Waals surface area contributed by atoms with Crippen molar-refractivity contribution in [3.63, 3.8) is 0 Å². The average molecular weight is 533 g/mol. The Morgan fingerprint density at radius 2 is 1.61 bits per heavy atom. The van der Waals surface area contributed by atoms with Crippen LogP contribution in [0, 0.1) is 0 Å². The van der Waals surface area contributed by atoms with Crippen molar-refractivity contribution in [3.8, 4) is 5.75 Å². The zero-order chi connectivity index (χ0) is 26.5. The third-order valence-electron chi connectivity index (χ3n) is 6.41. The third kappa shape index (κ3) is 5.52. The second kappa shape index (κ2) is 11.0. The highest BCUT2D eigenvalue weighted by Crippen LogP contribution is 2.40. The number of anilines is 3. The number of urea groups is 1. The van der Waals surface area contributed by atoms with Crippen LogP contribution in [0.4, 0.5) is 30.6 Å². The van der Waals surface area contributed by atoms with Gasteiger partial charge < -0.3 is 26.0 Å². The minimum absolute atomic E-state index is 0.0219. The van der Waals surface area contributed by atoms with E-state index in [1.165, 1.54) is 0 Å². The van der Waals surface area contributed by atoms with Gasteiger partial charge in [0, 0.05) is 28.7 Å². The number of alkyl halides is 2. The van der Waals surface area contributed by atoms with E-state index in [0.29, 0.717) is 22.1 Å². The first-order valence-corrected chi connectivity index (χ1v) is 12.5. The van der Waals surface area contributed by atoms with Gasteiger partial charge in [-0.15, -0.1) is 0 Å². The molecule has 194 valence electrons. The van der Waals surface area contributed by atoms with Gasteiger partial charge in [-0.1, -0.05) is 54.6 Å². The number of ether oxygens (including phenoxy) is 1. The highest BCUT2D eigenvalue weighted by molar-refractivity contribution is 7.80. The van der Waals surface area contributed by atoms with Gasteiger partial charge in [0.2, 0.25) is 0 Å². The van der Waals surface area contributed by atoms with Gasteiger partial charge in [-0.2, -0.15) is 0 Å². The van der Waals surface area contributed by atoms with E-state index in [1.54, 1.807) is 30.3 Å². The maximum atomic E-state index is 13.8. The predicted molar refractivity (Wildman–Crippen MR) is 151 cm³/mol. The maximum Gasteiger partial charge on any atom is 0.319 e. The van der Waals surface area contributed by atoms with Crippen LogP contribution in [-0.2, 0) is 0 Å². The average Bonchev–Trinajstić information content (AvgIpc) is 2.93. The van der Waals surface area contributed by atoms with Crippen LogP contribution in [0.25, 0.3) is 10.8 Å². The molecule has 1 atom stereocenters. The van der Waals surface area contributed by atoms with Crippen LogP contribution in [0.5, 0.6) is 5.75 Å². The van der Waals surface area contributed by atoms with Gasteiger partial charge >= 0.3 is 6.03 Å². The maximum absolute atomic E-state index is 13.8. The molecular weight excluding hydrogens is 506 g/mol. The monoisotopic (exact) mass is 532 g/mol. The lowest BCUT2D eigenvalue weighted by Crippen LogP contribution is -2.49. The first kappa shape index (κ1) is 25.4. The van der Waals surface area contributed by atoms with Crippen molar-refractivity contribution in [1.29, 1.82) is 0 Å². The van der Waals surface area contributed by atoms with Gasteiger partial charge in [0.1, 0.15) is 19.1 Å². The number of nitrogens with one attached hydrogen (secondary N) is 4. The molecule has 38 heavy (non-hydrogen) atoms. The van der Waals surface area contributed by atoms with Gasteiger partial charge in [-0.3, -0.25) is 0 Å². The molecule has 1 aliphatic heterocycles. The summed E-state index contributed by atoms with van der Waals surface area (Å²) in [6.45, 7) is -2.00. The van der Waals surface area contributed by atoms with E-state index < -0.39 is 31.0 Å². The number of amides is 2. The Bertz CT molecular complexity index is 1460. The first-order valence-electron chi connectivity index (χ1n) is 12.1. The Kier molecular flexibility index (Phi) is 7.37. The lowest BCUT2D eigenvalue weighted by Gasteiger charge is -2.39. The molecule has 4 N–H and O–H groups in total. The number of carbonyl (C=O) groups excluding carboxylic acids is 1. The van der Waals surface area contributed by atoms with Crippen molar-refractivity contribution in [2.45, 2.75) is 18.1 Å². The van der Waals surface area contributed by atoms with Crippen LogP contribution in [0.15, 0.2) is 91.0 Å². The summed E-state index contributed by atoms with van der Waals surface area (Å²) in [6.07, 6.45) is -0.0219. The molecule has 2 amide bonds. The molecule has 0 spiro atoms. The molecule has 6 nitrogen and oxygen atoms in total. The first-order chi connectivity index (χ1) is 18.5. The van der Waals surface area contributed by atoms with Crippen LogP contribution in [-0.4, -0.2) is 30.1 Å². The Morgan fingerprint density at radius 1 is 0.868 bits per heavy atom. The smallest absolute Gasteiger partial charge is 0.319 e. The number of carbonyl (C=O) groups is 1. The van der Waals surface area contributed by atoms with E-state index in [1.807, 2.05) is 60.7 Å². The number of fused-ring (bicyclic) bond motifs is 2. The third-order valence-corrected chi connectivity index (χ3v) is 6.61. The van der Waals surface area contributed by atoms with Crippen LogP contribution in [0.1, 0.15) is 18.0 Å². The van der Waals surface area contributed by atoms with Crippen LogP contribution >= 0.6 is 12.2 Å². The molecule has 1 aliphatic rings. The fourth-order valence-electron chi connectivity index (χ4n) is 4.55. The second-order valence-corrected chi connectivity index (χ2v) is 9.54. The lowest BCUT2D eigenvalue weighted by molar-refractivity contribution is -0.0105. The number of thiocarbonyl (C=S) groups is 1. The van der Waals surface area contributed by atoms with E-state index in [2.05, 4.69) is 21.3 Å². The molecule has 0 radical (unpaired) electrons. The highest BCUT2D eigenvalue weighted by atomic mass is 32.1. The van der Waals surface area contributed by atoms with Crippen LogP contribution in [0.2, 0.25) is 0 Å². The summed E-state index contributed by atoms with van der Waals surface area (Å²) < 4.78 is 33.2. The van der Waals surface area contributed by atoms with Crippen LogP contribution < -0.4 is 26.0 Å². The number of para-hydroxylation sites is 2. The molecule has 1 heterocycles. The lowest BCUT2D eigenvalue weighted by atomic mass is 9.88. The second-order valence-electron chi connectivity index (χ2n) is 9.13. The zero-order valence-corrected chi connectivity index (χ0v) is 21.2. The van der Waals surface area contributed by atoms with Gasteiger partial charge in [0.15, 0.2) is 10.7 Å². The fraction of sp³-hybridized carbons (Fsp3) is 0.172. The molecule has 0 aliphatic carbocycles. The molecule has 4 aromatic rings. The summed E-state index contributed by atoms with van der Waals surface area (Å²) in [5, 5.41) is 14.2. The molecule has 1 unspecified atom stereocenters. The highest BCUT2D eigenvalue weighted by Gasteiger charge is 2.42. The Hall–Kier alpha value is -4.24. The fourth-order valence-corrected chi connectivity index (χ4v) is 4.78. The molecule has 5 rings (SSSR count). The normalized spacial score (nSPS) is 15.6. The predicted octanol–water partition coefficient (Wildman–Crippen LogP) is 6.97. The molecule has 9 heteroatoms. The molecule has 0 bridgehead atoms. The summed E-state index contributed by atoms with van der Waals surface area (Å²) in [5.41, 5.74) is 1.32. The molecule has 4 aromatic carbocycles. The van der Waals surface area contributed by atoms with Crippen LogP contribution in [0.3, 0.4) is 0 Å². The Morgan fingerprint density at radius 3 is 2.39 bits per heavy atom.